The number of halogens is 1. The van der Waals surface area contributed by atoms with Crippen LogP contribution < -0.4 is 5.32 Å². The average Bonchev–Trinajstić information content (AvgIpc) is 2.68. The number of nitrogens with one attached hydrogen (secondary N) is 1. The van der Waals surface area contributed by atoms with Crippen molar-refractivity contribution in [3.8, 4) is 6.19 Å². The molecule has 3 rings (SSSR count). The highest BCUT2D eigenvalue weighted by Gasteiger charge is 2.30. The minimum Gasteiger partial charge on any atom is -0.373 e. The molecular formula is C20H21FN4O. The van der Waals surface area contributed by atoms with Crippen LogP contribution in [0.3, 0.4) is 0 Å². The van der Waals surface area contributed by atoms with Crippen LogP contribution in [0.25, 0.3) is 0 Å². The summed E-state index contributed by atoms with van der Waals surface area (Å²) in [7, 11) is 0. The summed E-state index contributed by atoms with van der Waals surface area (Å²) >= 11 is 0. The number of anilines is 1. The lowest BCUT2D eigenvalue weighted by molar-refractivity contribution is -0.147. The van der Waals surface area contributed by atoms with Crippen molar-refractivity contribution in [1.82, 2.24) is 10.0 Å². The lowest BCUT2D eigenvalue weighted by Gasteiger charge is -2.37. The van der Waals surface area contributed by atoms with Crippen molar-refractivity contribution in [2.45, 2.75) is 25.3 Å². The van der Waals surface area contributed by atoms with Gasteiger partial charge in [-0.2, -0.15) is 5.26 Å². The number of benzene rings is 2. The highest BCUT2D eigenvalue weighted by Crippen LogP contribution is 2.18. The monoisotopic (exact) mass is 352 g/mol. The van der Waals surface area contributed by atoms with E-state index in [2.05, 4.69) is 11.5 Å². The van der Waals surface area contributed by atoms with Crippen LogP contribution in [0.15, 0.2) is 54.6 Å². The van der Waals surface area contributed by atoms with Crippen molar-refractivity contribution >= 4 is 11.6 Å². The first-order valence-corrected chi connectivity index (χ1v) is 8.72. The van der Waals surface area contributed by atoms with Gasteiger partial charge in [0.25, 0.3) is 5.91 Å². The van der Waals surface area contributed by atoms with Crippen LogP contribution in [0, 0.1) is 17.3 Å². The highest BCUT2D eigenvalue weighted by molar-refractivity contribution is 5.85. The molecule has 1 aliphatic rings. The molecule has 2 aromatic carbocycles. The minimum atomic E-state index is -0.590. The van der Waals surface area contributed by atoms with Crippen LogP contribution in [-0.2, 0) is 11.2 Å². The molecule has 2 aromatic rings. The Kier molecular flexibility index (Phi) is 5.69. The number of nitrogens with zero attached hydrogens (tertiary/aromatic N) is 3. The Bertz CT molecular complexity index is 790. The Balaban J connectivity index is 1.84. The summed E-state index contributed by atoms with van der Waals surface area (Å²) in [6, 6.07) is 15.1. The molecule has 1 heterocycles. The number of rotatable bonds is 5. The quantitative estimate of drug-likeness (QED) is 0.840. The molecule has 0 bridgehead atoms. The van der Waals surface area contributed by atoms with Gasteiger partial charge in [0.2, 0.25) is 0 Å². The first kappa shape index (κ1) is 17.7. The summed E-state index contributed by atoms with van der Waals surface area (Å²) in [4.78, 5) is 13.1. The van der Waals surface area contributed by atoms with Crippen LogP contribution in [0.1, 0.15) is 18.4 Å². The maximum atomic E-state index is 13.5. The van der Waals surface area contributed by atoms with E-state index in [1.54, 1.807) is 12.1 Å². The molecule has 6 heteroatoms. The summed E-state index contributed by atoms with van der Waals surface area (Å²) in [5.41, 5.74) is 1.54. The van der Waals surface area contributed by atoms with Crippen LogP contribution in [0.2, 0.25) is 0 Å². The van der Waals surface area contributed by atoms with Gasteiger partial charge >= 0.3 is 0 Å². The SMILES string of the molecule is N#CN1CCCCN1C(=O)C(Cc1ccccc1)Nc1cccc(F)c1. The molecule has 26 heavy (non-hydrogen) atoms. The van der Waals surface area contributed by atoms with E-state index in [0.29, 0.717) is 25.2 Å². The topological polar surface area (TPSA) is 59.4 Å². The zero-order valence-corrected chi connectivity index (χ0v) is 14.4. The molecule has 1 fully saturated rings. The number of hydrogen-bond donors (Lipinski definition) is 1. The fourth-order valence-electron chi connectivity index (χ4n) is 3.11. The molecule has 1 atom stereocenters. The van der Waals surface area contributed by atoms with Crippen molar-refractivity contribution in [3.63, 3.8) is 0 Å². The van der Waals surface area contributed by atoms with Gasteiger partial charge in [0, 0.05) is 18.7 Å². The summed E-state index contributed by atoms with van der Waals surface area (Å²) in [5.74, 6) is -0.545. The molecule has 1 amide bonds. The van der Waals surface area contributed by atoms with Crippen LogP contribution in [-0.4, -0.2) is 35.1 Å². The smallest absolute Gasteiger partial charge is 0.264 e. The van der Waals surface area contributed by atoms with E-state index in [4.69, 9.17) is 0 Å². The third-order valence-electron chi connectivity index (χ3n) is 4.40. The number of hydrazine groups is 1. The maximum Gasteiger partial charge on any atom is 0.264 e. The average molecular weight is 352 g/mol. The van der Waals surface area contributed by atoms with Crippen molar-refractivity contribution in [2.75, 3.05) is 18.4 Å². The Morgan fingerprint density at radius 3 is 2.65 bits per heavy atom. The molecule has 0 aromatic heterocycles. The Morgan fingerprint density at radius 1 is 1.15 bits per heavy atom. The fraction of sp³-hybridized carbons (Fsp3) is 0.300. The van der Waals surface area contributed by atoms with Crippen molar-refractivity contribution in [3.05, 3.63) is 66.0 Å². The second kappa shape index (κ2) is 8.34. The molecule has 0 aliphatic carbocycles. The van der Waals surface area contributed by atoms with Gasteiger partial charge in [-0.3, -0.25) is 4.79 Å². The summed E-state index contributed by atoms with van der Waals surface area (Å²) < 4.78 is 13.5. The van der Waals surface area contributed by atoms with E-state index >= 15 is 0 Å². The summed E-state index contributed by atoms with van der Waals surface area (Å²) in [6.45, 7) is 1.06. The molecule has 1 saturated heterocycles. The predicted octanol–water partition coefficient (Wildman–Crippen LogP) is 3.17. The van der Waals surface area contributed by atoms with Gasteiger partial charge in [-0.05, 0) is 36.6 Å². The molecule has 0 spiro atoms. The second-order valence-corrected chi connectivity index (χ2v) is 6.29. The number of hydrogen-bond acceptors (Lipinski definition) is 4. The standard InChI is InChI=1S/C20H21FN4O/c21-17-9-6-10-18(14-17)23-19(13-16-7-2-1-3-8-16)20(26)25-12-5-4-11-24(25)15-22/h1-3,6-10,14,19,23H,4-5,11-13H2. The molecule has 0 saturated carbocycles. The molecule has 5 nitrogen and oxygen atoms in total. The van der Waals surface area contributed by atoms with Crippen LogP contribution in [0.4, 0.5) is 10.1 Å². The van der Waals surface area contributed by atoms with Crippen molar-refractivity contribution in [1.29, 1.82) is 5.26 Å². The fourth-order valence-corrected chi connectivity index (χ4v) is 3.11. The predicted molar refractivity (Wildman–Crippen MR) is 97.2 cm³/mol. The normalized spacial score (nSPS) is 15.2. The lowest BCUT2D eigenvalue weighted by Crippen LogP contribution is -2.53. The Morgan fingerprint density at radius 2 is 1.92 bits per heavy atom. The van der Waals surface area contributed by atoms with Crippen molar-refractivity contribution in [2.24, 2.45) is 0 Å². The van der Waals surface area contributed by atoms with E-state index in [1.165, 1.54) is 22.2 Å². The number of carbonyl (C=O) groups is 1. The molecule has 134 valence electrons. The maximum absolute atomic E-state index is 13.5. The number of amides is 1. The van der Waals surface area contributed by atoms with E-state index in [0.717, 1.165) is 18.4 Å². The third kappa shape index (κ3) is 4.31. The van der Waals surface area contributed by atoms with Gasteiger partial charge in [-0.25, -0.2) is 14.4 Å². The number of nitriles is 1. The Labute approximate surface area is 152 Å². The van der Waals surface area contributed by atoms with Gasteiger partial charge in [-0.15, -0.1) is 0 Å². The molecular weight excluding hydrogens is 331 g/mol. The zero-order valence-electron chi connectivity index (χ0n) is 14.4. The van der Waals surface area contributed by atoms with Crippen molar-refractivity contribution < 1.29 is 9.18 Å². The van der Waals surface area contributed by atoms with Gasteiger partial charge in [-0.1, -0.05) is 36.4 Å². The van der Waals surface area contributed by atoms with Gasteiger partial charge in [0.15, 0.2) is 6.19 Å². The largest absolute Gasteiger partial charge is 0.373 e. The molecule has 0 radical (unpaired) electrons. The molecule has 1 aliphatic heterocycles. The Hall–Kier alpha value is -3.07. The van der Waals surface area contributed by atoms with Gasteiger partial charge in [0.05, 0.1) is 6.54 Å². The third-order valence-corrected chi connectivity index (χ3v) is 4.40. The van der Waals surface area contributed by atoms with E-state index in [9.17, 15) is 14.4 Å². The van der Waals surface area contributed by atoms with Gasteiger partial charge in [0.1, 0.15) is 11.9 Å². The highest BCUT2D eigenvalue weighted by atomic mass is 19.1. The lowest BCUT2D eigenvalue weighted by atomic mass is 10.0. The van der Waals surface area contributed by atoms with Gasteiger partial charge < -0.3 is 5.32 Å². The first-order chi connectivity index (χ1) is 12.7. The molecule has 1 unspecified atom stereocenters. The summed E-state index contributed by atoms with van der Waals surface area (Å²) in [6.07, 6.45) is 4.28. The van der Waals surface area contributed by atoms with Crippen LogP contribution >= 0.6 is 0 Å². The van der Waals surface area contributed by atoms with E-state index in [1.807, 2.05) is 30.3 Å². The second-order valence-electron chi connectivity index (χ2n) is 6.29. The summed E-state index contributed by atoms with van der Waals surface area (Å²) in [5, 5.41) is 15.4. The van der Waals surface area contributed by atoms with Crippen LogP contribution in [0.5, 0.6) is 0 Å². The minimum absolute atomic E-state index is 0.181. The molecule has 1 N–H and O–H groups in total. The zero-order chi connectivity index (χ0) is 18.4. The first-order valence-electron chi connectivity index (χ1n) is 8.72. The van der Waals surface area contributed by atoms with E-state index in [-0.39, 0.29) is 11.7 Å². The van der Waals surface area contributed by atoms with E-state index < -0.39 is 6.04 Å². The number of carbonyl (C=O) groups excluding carboxylic acids is 1.